The van der Waals surface area contributed by atoms with Crippen molar-refractivity contribution in [3.8, 4) is 0 Å². The van der Waals surface area contributed by atoms with Crippen LogP contribution in [0.25, 0.3) is 0 Å². The Bertz CT molecular complexity index is 562. The predicted octanol–water partition coefficient (Wildman–Crippen LogP) is 4.59. The smallest absolute Gasteiger partial charge is 0.417 e. The molecule has 1 aliphatic heterocycles. The zero-order valence-corrected chi connectivity index (χ0v) is 14.7. The molecule has 2 heterocycles. The lowest BCUT2D eigenvalue weighted by Gasteiger charge is -2.33. The second-order valence-corrected chi connectivity index (χ2v) is 7.99. The van der Waals surface area contributed by atoms with Gasteiger partial charge in [-0.15, -0.1) is 11.8 Å². The predicted molar refractivity (Wildman–Crippen MR) is 85.9 cm³/mol. The number of halogens is 3. The number of piperidine rings is 1. The van der Waals surface area contributed by atoms with Crippen molar-refractivity contribution in [1.82, 2.24) is 9.88 Å². The first-order valence-electron chi connectivity index (χ1n) is 7.72. The van der Waals surface area contributed by atoms with Gasteiger partial charge in [-0.1, -0.05) is 0 Å². The van der Waals surface area contributed by atoms with Gasteiger partial charge < -0.3 is 9.64 Å². The molecule has 0 saturated carbocycles. The van der Waals surface area contributed by atoms with Gasteiger partial charge in [-0.2, -0.15) is 13.2 Å². The van der Waals surface area contributed by atoms with Gasteiger partial charge in [0.2, 0.25) is 0 Å². The number of ether oxygens (including phenoxy) is 1. The number of carbonyl (C=O) groups excluding carboxylic acids is 1. The van der Waals surface area contributed by atoms with Crippen molar-refractivity contribution >= 4 is 17.9 Å². The molecule has 0 radical (unpaired) electrons. The maximum Gasteiger partial charge on any atom is 0.417 e. The summed E-state index contributed by atoms with van der Waals surface area (Å²) in [7, 11) is 0. The Labute approximate surface area is 143 Å². The zero-order valence-electron chi connectivity index (χ0n) is 13.9. The van der Waals surface area contributed by atoms with Gasteiger partial charge in [0.05, 0.1) is 10.6 Å². The summed E-state index contributed by atoms with van der Waals surface area (Å²) in [5, 5.41) is 0.798. The third-order valence-corrected chi connectivity index (χ3v) is 4.73. The summed E-state index contributed by atoms with van der Waals surface area (Å²) in [5.41, 5.74) is -1.26. The highest BCUT2D eigenvalue weighted by Gasteiger charge is 2.31. The standard InChI is InChI=1S/C16H21F3N2O2S/c1-15(2,3)23-14(22)21-8-6-12(7-9-21)24-13-5-4-11(10-20-13)16(17,18)19/h4-5,10,12H,6-9H2,1-3H3. The fraction of sp³-hybridized carbons (Fsp3) is 0.625. The Balaban J connectivity index is 1.84. The van der Waals surface area contributed by atoms with E-state index < -0.39 is 17.3 Å². The normalized spacial score (nSPS) is 17.0. The van der Waals surface area contributed by atoms with Gasteiger partial charge in [-0.25, -0.2) is 9.78 Å². The molecule has 1 aromatic rings. The highest BCUT2D eigenvalue weighted by molar-refractivity contribution is 7.99. The Morgan fingerprint density at radius 3 is 2.33 bits per heavy atom. The molecule has 0 aromatic carbocycles. The molecule has 0 bridgehead atoms. The maximum absolute atomic E-state index is 12.5. The summed E-state index contributed by atoms with van der Waals surface area (Å²) in [5.74, 6) is 0. The first-order valence-corrected chi connectivity index (χ1v) is 8.60. The van der Waals surface area contributed by atoms with E-state index in [1.807, 2.05) is 20.8 Å². The molecule has 0 N–H and O–H groups in total. The highest BCUT2D eigenvalue weighted by atomic mass is 32.2. The van der Waals surface area contributed by atoms with E-state index in [4.69, 9.17) is 4.74 Å². The lowest BCUT2D eigenvalue weighted by Crippen LogP contribution is -2.42. The first kappa shape index (κ1) is 18.9. The molecule has 2 rings (SSSR count). The third-order valence-electron chi connectivity index (χ3n) is 3.44. The Morgan fingerprint density at radius 2 is 1.88 bits per heavy atom. The number of rotatable bonds is 2. The second-order valence-electron chi connectivity index (χ2n) is 6.67. The van der Waals surface area contributed by atoms with Crippen molar-refractivity contribution in [3.05, 3.63) is 23.9 Å². The number of thioether (sulfide) groups is 1. The molecular formula is C16H21F3N2O2S. The summed E-state index contributed by atoms with van der Waals surface area (Å²) < 4.78 is 42.9. The molecule has 1 saturated heterocycles. The Kier molecular flexibility index (Phi) is 5.67. The number of aromatic nitrogens is 1. The van der Waals surface area contributed by atoms with Crippen molar-refractivity contribution < 1.29 is 22.7 Å². The van der Waals surface area contributed by atoms with Crippen LogP contribution in [0, 0.1) is 0 Å². The zero-order chi connectivity index (χ0) is 18.0. The Hall–Kier alpha value is -1.44. The minimum Gasteiger partial charge on any atom is -0.444 e. The molecule has 24 heavy (non-hydrogen) atoms. The van der Waals surface area contributed by atoms with Crippen LogP contribution >= 0.6 is 11.8 Å². The van der Waals surface area contributed by atoms with Crippen LogP contribution in [-0.2, 0) is 10.9 Å². The molecule has 4 nitrogen and oxygen atoms in total. The second kappa shape index (κ2) is 7.21. The van der Waals surface area contributed by atoms with E-state index in [1.165, 1.54) is 17.8 Å². The van der Waals surface area contributed by atoms with Crippen LogP contribution in [-0.4, -0.2) is 39.9 Å². The number of hydrogen-bond acceptors (Lipinski definition) is 4. The van der Waals surface area contributed by atoms with E-state index >= 15 is 0 Å². The average Bonchev–Trinajstić information content (AvgIpc) is 2.46. The van der Waals surface area contributed by atoms with E-state index in [1.54, 1.807) is 4.90 Å². The minimum absolute atomic E-state index is 0.230. The molecule has 134 valence electrons. The van der Waals surface area contributed by atoms with Gasteiger partial charge in [0.1, 0.15) is 5.60 Å². The highest BCUT2D eigenvalue weighted by Crippen LogP contribution is 2.32. The fourth-order valence-corrected chi connectivity index (χ4v) is 3.32. The molecule has 0 unspecified atom stereocenters. The summed E-state index contributed by atoms with van der Waals surface area (Å²) in [6, 6.07) is 2.44. The van der Waals surface area contributed by atoms with Gasteiger partial charge >= 0.3 is 12.3 Å². The number of amides is 1. The number of likely N-dealkylation sites (tertiary alicyclic amines) is 1. The summed E-state index contributed by atoms with van der Waals surface area (Å²) >= 11 is 1.45. The van der Waals surface area contributed by atoms with E-state index in [0.717, 1.165) is 25.1 Å². The number of carbonyl (C=O) groups is 1. The van der Waals surface area contributed by atoms with E-state index in [-0.39, 0.29) is 11.3 Å². The van der Waals surface area contributed by atoms with Crippen LogP contribution < -0.4 is 0 Å². The summed E-state index contributed by atoms with van der Waals surface area (Å²) in [6.45, 7) is 6.62. The van der Waals surface area contributed by atoms with Crippen molar-refractivity contribution in [1.29, 1.82) is 0 Å². The van der Waals surface area contributed by atoms with E-state index in [9.17, 15) is 18.0 Å². The van der Waals surface area contributed by atoms with Gasteiger partial charge in [0.25, 0.3) is 0 Å². The quantitative estimate of drug-likeness (QED) is 0.772. The average molecular weight is 362 g/mol. The van der Waals surface area contributed by atoms with Crippen LogP contribution in [0.5, 0.6) is 0 Å². The molecule has 1 aliphatic rings. The third kappa shape index (κ3) is 5.58. The molecule has 0 atom stereocenters. The summed E-state index contributed by atoms with van der Waals surface area (Å²) in [4.78, 5) is 17.5. The number of nitrogens with zero attached hydrogens (tertiary/aromatic N) is 2. The monoisotopic (exact) mass is 362 g/mol. The van der Waals surface area contributed by atoms with Gasteiger partial charge in [0, 0.05) is 24.5 Å². The van der Waals surface area contributed by atoms with Crippen LogP contribution in [0.3, 0.4) is 0 Å². The molecule has 8 heteroatoms. The Morgan fingerprint density at radius 1 is 1.25 bits per heavy atom. The van der Waals surface area contributed by atoms with Crippen LogP contribution in [0.2, 0.25) is 0 Å². The number of alkyl halides is 3. The topological polar surface area (TPSA) is 42.4 Å². The maximum atomic E-state index is 12.5. The van der Waals surface area contributed by atoms with E-state index in [0.29, 0.717) is 18.1 Å². The molecule has 0 spiro atoms. The number of pyridine rings is 1. The van der Waals surface area contributed by atoms with Crippen LogP contribution in [0.1, 0.15) is 39.2 Å². The van der Waals surface area contributed by atoms with Crippen molar-refractivity contribution in [2.24, 2.45) is 0 Å². The lowest BCUT2D eigenvalue weighted by molar-refractivity contribution is -0.137. The van der Waals surface area contributed by atoms with Gasteiger partial charge in [-0.05, 0) is 45.7 Å². The van der Waals surface area contributed by atoms with Crippen molar-refractivity contribution in [3.63, 3.8) is 0 Å². The largest absolute Gasteiger partial charge is 0.444 e. The lowest BCUT2D eigenvalue weighted by atomic mass is 10.1. The SMILES string of the molecule is CC(C)(C)OC(=O)N1CCC(Sc2ccc(C(F)(F)F)cn2)CC1. The summed E-state index contributed by atoms with van der Waals surface area (Å²) in [6.07, 6.45) is -2.31. The van der Waals surface area contributed by atoms with Crippen molar-refractivity contribution in [2.45, 2.75) is 55.7 Å². The molecule has 1 fully saturated rings. The van der Waals surface area contributed by atoms with E-state index in [2.05, 4.69) is 4.98 Å². The molecule has 0 aliphatic carbocycles. The minimum atomic E-state index is -4.37. The van der Waals surface area contributed by atoms with Gasteiger partial charge in [0.15, 0.2) is 0 Å². The van der Waals surface area contributed by atoms with Crippen LogP contribution in [0.15, 0.2) is 23.4 Å². The molecule has 1 amide bonds. The van der Waals surface area contributed by atoms with Crippen LogP contribution in [0.4, 0.5) is 18.0 Å². The van der Waals surface area contributed by atoms with Gasteiger partial charge in [-0.3, -0.25) is 0 Å². The number of hydrogen-bond donors (Lipinski definition) is 0. The first-order chi connectivity index (χ1) is 11.0. The van der Waals surface area contributed by atoms with Crippen molar-refractivity contribution in [2.75, 3.05) is 13.1 Å². The molecular weight excluding hydrogens is 341 g/mol. The fourth-order valence-electron chi connectivity index (χ4n) is 2.27. The molecule has 1 aromatic heterocycles.